The van der Waals surface area contributed by atoms with E-state index in [-0.39, 0.29) is 11.9 Å². The van der Waals surface area contributed by atoms with Crippen LogP contribution in [-0.2, 0) is 17.9 Å². The Morgan fingerprint density at radius 1 is 1.41 bits per heavy atom. The number of carbonyl (C=O) groups is 1. The number of rotatable bonds is 6. The maximum atomic E-state index is 12.1. The Kier molecular flexibility index (Phi) is 5.61. The fraction of sp³-hybridized carbons (Fsp3) is 0.412. The van der Waals surface area contributed by atoms with Crippen LogP contribution in [0.3, 0.4) is 0 Å². The molecule has 0 saturated carbocycles. The molecule has 0 aliphatic carbocycles. The molecule has 0 bridgehead atoms. The lowest BCUT2D eigenvalue weighted by atomic mass is 10.2. The first-order valence-electron chi connectivity index (χ1n) is 7.55. The summed E-state index contributed by atoms with van der Waals surface area (Å²) in [6, 6.07) is 7.94. The number of benzene rings is 1. The van der Waals surface area contributed by atoms with Gasteiger partial charge in [0, 0.05) is 36.4 Å². The van der Waals surface area contributed by atoms with E-state index in [9.17, 15) is 4.79 Å². The van der Waals surface area contributed by atoms with Crippen molar-refractivity contribution >= 4 is 17.5 Å². The Morgan fingerprint density at radius 3 is 2.82 bits per heavy atom. The lowest BCUT2D eigenvalue weighted by Gasteiger charge is -2.26. The molecule has 2 aromatic rings. The number of aromatic nitrogens is 2. The minimum atomic E-state index is 0.146. The van der Waals surface area contributed by atoms with Crippen molar-refractivity contribution in [2.45, 2.75) is 46.3 Å². The van der Waals surface area contributed by atoms with Crippen LogP contribution in [0.4, 0.5) is 0 Å². The first kappa shape index (κ1) is 16.6. The number of hydrogen-bond acceptors (Lipinski definition) is 2. The molecule has 1 aromatic heterocycles. The molecule has 0 aliphatic heterocycles. The zero-order valence-corrected chi connectivity index (χ0v) is 14.0. The second kappa shape index (κ2) is 7.45. The van der Waals surface area contributed by atoms with Gasteiger partial charge in [-0.25, -0.2) is 4.98 Å². The third-order valence-corrected chi connectivity index (χ3v) is 3.84. The van der Waals surface area contributed by atoms with Crippen molar-refractivity contribution in [1.82, 2.24) is 14.5 Å². The van der Waals surface area contributed by atoms with Gasteiger partial charge < -0.3 is 9.47 Å². The third kappa shape index (κ3) is 4.10. The van der Waals surface area contributed by atoms with Crippen molar-refractivity contribution in [2.75, 3.05) is 0 Å². The molecule has 0 spiro atoms. The Labute approximate surface area is 136 Å². The summed E-state index contributed by atoms with van der Waals surface area (Å²) in [5.74, 6) is 1.03. The molecule has 1 amide bonds. The van der Waals surface area contributed by atoms with Crippen LogP contribution in [0.25, 0.3) is 0 Å². The molecular formula is C17H22ClN3O. The minimum Gasteiger partial charge on any atom is -0.333 e. The van der Waals surface area contributed by atoms with Gasteiger partial charge in [0.05, 0.1) is 6.54 Å². The van der Waals surface area contributed by atoms with Gasteiger partial charge in [0.1, 0.15) is 5.82 Å². The number of halogens is 1. The average molecular weight is 320 g/mol. The molecule has 4 nitrogen and oxygen atoms in total. The summed E-state index contributed by atoms with van der Waals surface area (Å²) < 4.78 is 2.06. The molecule has 0 N–H and O–H groups in total. The molecule has 5 heteroatoms. The number of amides is 1. The van der Waals surface area contributed by atoms with E-state index >= 15 is 0 Å². The quantitative estimate of drug-likeness (QED) is 0.813. The van der Waals surface area contributed by atoms with Crippen molar-refractivity contribution in [2.24, 2.45) is 0 Å². The van der Waals surface area contributed by atoms with Gasteiger partial charge >= 0.3 is 0 Å². The lowest BCUT2D eigenvalue weighted by molar-refractivity contribution is -0.133. The SMILES string of the molecule is CCC(=O)N(Cc1nccn1Cc1cccc(Cl)c1)C(C)C. The molecule has 0 atom stereocenters. The summed E-state index contributed by atoms with van der Waals surface area (Å²) >= 11 is 6.03. The van der Waals surface area contributed by atoms with Crippen LogP contribution < -0.4 is 0 Å². The minimum absolute atomic E-state index is 0.146. The van der Waals surface area contributed by atoms with Gasteiger partial charge in [0.15, 0.2) is 0 Å². The number of nitrogens with zero attached hydrogens (tertiary/aromatic N) is 3. The summed E-state index contributed by atoms with van der Waals surface area (Å²) in [5, 5.41) is 0.726. The van der Waals surface area contributed by atoms with Gasteiger partial charge in [0.2, 0.25) is 5.91 Å². The summed E-state index contributed by atoms with van der Waals surface area (Å²) in [5.41, 5.74) is 1.12. The Hall–Kier alpha value is -1.81. The van der Waals surface area contributed by atoms with Gasteiger partial charge in [-0.2, -0.15) is 0 Å². The van der Waals surface area contributed by atoms with Crippen molar-refractivity contribution in [3.63, 3.8) is 0 Å². The second-order valence-electron chi connectivity index (χ2n) is 5.57. The zero-order valence-electron chi connectivity index (χ0n) is 13.3. The molecule has 0 unspecified atom stereocenters. The van der Waals surface area contributed by atoms with Crippen LogP contribution in [-0.4, -0.2) is 26.4 Å². The number of imidazole rings is 1. The highest BCUT2D eigenvalue weighted by molar-refractivity contribution is 6.30. The molecule has 2 rings (SSSR count). The zero-order chi connectivity index (χ0) is 16.1. The molecular weight excluding hydrogens is 298 g/mol. The summed E-state index contributed by atoms with van der Waals surface area (Å²) in [4.78, 5) is 18.3. The number of carbonyl (C=O) groups excluding carboxylic acids is 1. The van der Waals surface area contributed by atoms with Gasteiger partial charge in [-0.1, -0.05) is 30.7 Å². The molecule has 1 heterocycles. The average Bonchev–Trinajstić information content (AvgIpc) is 2.90. The van der Waals surface area contributed by atoms with Crippen molar-refractivity contribution in [1.29, 1.82) is 0 Å². The lowest BCUT2D eigenvalue weighted by Crippen LogP contribution is -2.36. The van der Waals surface area contributed by atoms with Crippen LogP contribution in [0, 0.1) is 0 Å². The van der Waals surface area contributed by atoms with Gasteiger partial charge in [-0.3, -0.25) is 4.79 Å². The van der Waals surface area contributed by atoms with Crippen LogP contribution in [0.15, 0.2) is 36.7 Å². The Balaban J connectivity index is 2.16. The standard InChI is InChI=1S/C17H22ClN3O/c1-4-17(22)21(13(2)3)12-16-19-8-9-20(16)11-14-6-5-7-15(18)10-14/h5-10,13H,4,11-12H2,1-3H3. The van der Waals surface area contributed by atoms with Crippen molar-refractivity contribution < 1.29 is 4.79 Å². The molecule has 0 saturated heterocycles. The monoisotopic (exact) mass is 319 g/mol. The van der Waals surface area contributed by atoms with Crippen LogP contribution >= 0.6 is 11.6 Å². The smallest absolute Gasteiger partial charge is 0.222 e. The van der Waals surface area contributed by atoms with E-state index in [2.05, 4.69) is 9.55 Å². The fourth-order valence-corrected chi connectivity index (χ4v) is 2.59. The van der Waals surface area contributed by atoms with E-state index in [1.165, 1.54) is 0 Å². The predicted octanol–water partition coefficient (Wildman–Crippen LogP) is 3.73. The molecule has 118 valence electrons. The van der Waals surface area contributed by atoms with Crippen LogP contribution in [0.1, 0.15) is 38.6 Å². The van der Waals surface area contributed by atoms with Gasteiger partial charge in [0.25, 0.3) is 0 Å². The molecule has 0 aliphatic rings. The van der Waals surface area contributed by atoms with E-state index < -0.39 is 0 Å². The second-order valence-corrected chi connectivity index (χ2v) is 6.01. The number of hydrogen-bond donors (Lipinski definition) is 0. The first-order chi connectivity index (χ1) is 10.5. The molecule has 0 radical (unpaired) electrons. The highest BCUT2D eigenvalue weighted by atomic mass is 35.5. The summed E-state index contributed by atoms with van der Waals surface area (Å²) in [6.07, 6.45) is 4.22. The largest absolute Gasteiger partial charge is 0.333 e. The van der Waals surface area contributed by atoms with E-state index in [1.807, 2.05) is 56.1 Å². The summed E-state index contributed by atoms with van der Waals surface area (Å²) in [7, 11) is 0. The van der Waals surface area contributed by atoms with E-state index in [4.69, 9.17) is 11.6 Å². The van der Waals surface area contributed by atoms with Gasteiger partial charge in [-0.15, -0.1) is 0 Å². The first-order valence-corrected chi connectivity index (χ1v) is 7.93. The maximum Gasteiger partial charge on any atom is 0.222 e. The Bertz CT molecular complexity index is 636. The predicted molar refractivity (Wildman–Crippen MR) is 88.8 cm³/mol. The molecule has 1 aromatic carbocycles. The third-order valence-electron chi connectivity index (χ3n) is 3.60. The summed E-state index contributed by atoms with van der Waals surface area (Å²) in [6.45, 7) is 7.16. The maximum absolute atomic E-state index is 12.1. The molecule has 0 fully saturated rings. The Morgan fingerprint density at radius 2 is 2.18 bits per heavy atom. The van der Waals surface area contributed by atoms with Crippen LogP contribution in [0.5, 0.6) is 0 Å². The van der Waals surface area contributed by atoms with Crippen molar-refractivity contribution in [3.05, 3.63) is 53.1 Å². The van der Waals surface area contributed by atoms with Gasteiger partial charge in [-0.05, 0) is 31.5 Å². The van der Waals surface area contributed by atoms with E-state index in [0.29, 0.717) is 19.5 Å². The van der Waals surface area contributed by atoms with Crippen molar-refractivity contribution in [3.8, 4) is 0 Å². The topological polar surface area (TPSA) is 38.1 Å². The van der Waals surface area contributed by atoms with Crippen LogP contribution in [0.2, 0.25) is 5.02 Å². The normalized spacial score (nSPS) is 11.0. The molecule has 22 heavy (non-hydrogen) atoms. The highest BCUT2D eigenvalue weighted by Crippen LogP contribution is 2.14. The van der Waals surface area contributed by atoms with E-state index in [0.717, 1.165) is 16.4 Å². The highest BCUT2D eigenvalue weighted by Gasteiger charge is 2.18. The fourth-order valence-electron chi connectivity index (χ4n) is 2.38. The van der Waals surface area contributed by atoms with E-state index in [1.54, 1.807) is 6.20 Å².